The molecule has 0 aromatic heterocycles. The highest BCUT2D eigenvalue weighted by Crippen LogP contribution is 2.29. The topological polar surface area (TPSA) is 30.5 Å². The summed E-state index contributed by atoms with van der Waals surface area (Å²) >= 11 is 0. The van der Waals surface area contributed by atoms with Crippen molar-refractivity contribution in [3.05, 3.63) is 29.8 Å². The SMILES string of the molecule is CNC(c1ccccc1OCCOC)C(C)C. The average Bonchev–Trinajstić information content (AvgIpc) is 2.32. The predicted molar refractivity (Wildman–Crippen MR) is 70.5 cm³/mol. The van der Waals surface area contributed by atoms with Crippen LogP contribution in [0.2, 0.25) is 0 Å². The summed E-state index contributed by atoms with van der Waals surface area (Å²) < 4.78 is 10.7. The maximum atomic E-state index is 5.75. The molecule has 1 aromatic carbocycles. The van der Waals surface area contributed by atoms with Crippen LogP contribution in [0.5, 0.6) is 5.75 Å². The smallest absolute Gasteiger partial charge is 0.124 e. The van der Waals surface area contributed by atoms with Crippen molar-refractivity contribution < 1.29 is 9.47 Å². The molecule has 0 saturated heterocycles. The summed E-state index contributed by atoms with van der Waals surface area (Å²) in [5.74, 6) is 1.46. The molecule has 1 unspecified atom stereocenters. The summed E-state index contributed by atoms with van der Waals surface area (Å²) in [5, 5.41) is 3.34. The van der Waals surface area contributed by atoms with Crippen LogP contribution in [0.1, 0.15) is 25.5 Å². The number of ether oxygens (including phenoxy) is 2. The first-order chi connectivity index (χ1) is 8.20. The molecule has 0 spiro atoms. The van der Waals surface area contributed by atoms with Gasteiger partial charge in [-0.05, 0) is 19.0 Å². The first-order valence-corrected chi connectivity index (χ1v) is 6.08. The van der Waals surface area contributed by atoms with E-state index in [1.165, 1.54) is 5.56 Å². The second-order valence-electron chi connectivity index (χ2n) is 4.39. The molecule has 96 valence electrons. The van der Waals surface area contributed by atoms with Crippen LogP contribution >= 0.6 is 0 Å². The van der Waals surface area contributed by atoms with Crippen molar-refractivity contribution in [3.63, 3.8) is 0 Å². The highest BCUT2D eigenvalue weighted by molar-refractivity contribution is 5.36. The zero-order chi connectivity index (χ0) is 12.7. The maximum Gasteiger partial charge on any atom is 0.124 e. The molecule has 1 aromatic rings. The minimum absolute atomic E-state index is 0.314. The Morgan fingerprint density at radius 1 is 1.18 bits per heavy atom. The molecule has 3 heteroatoms. The molecule has 17 heavy (non-hydrogen) atoms. The minimum atomic E-state index is 0.314. The van der Waals surface area contributed by atoms with Crippen molar-refractivity contribution in [1.29, 1.82) is 0 Å². The van der Waals surface area contributed by atoms with Gasteiger partial charge in [0.15, 0.2) is 0 Å². The molecular formula is C14H23NO2. The lowest BCUT2D eigenvalue weighted by Gasteiger charge is -2.23. The largest absolute Gasteiger partial charge is 0.491 e. The molecule has 0 saturated carbocycles. The second-order valence-corrected chi connectivity index (χ2v) is 4.39. The van der Waals surface area contributed by atoms with Gasteiger partial charge in [0, 0.05) is 18.7 Å². The van der Waals surface area contributed by atoms with Gasteiger partial charge < -0.3 is 14.8 Å². The Bertz CT molecular complexity index is 326. The van der Waals surface area contributed by atoms with Crippen LogP contribution in [0.15, 0.2) is 24.3 Å². The van der Waals surface area contributed by atoms with Crippen molar-refractivity contribution >= 4 is 0 Å². The number of hydrogen-bond donors (Lipinski definition) is 1. The van der Waals surface area contributed by atoms with Crippen molar-refractivity contribution in [3.8, 4) is 5.75 Å². The summed E-state index contributed by atoms with van der Waals surface area (Å²) in [6.45, 7) is 5.60. The van der Waals surface area contributed by atoms with E-state index < -0.39 is 0 Å². The van der Waals surface area contributed by atoms with E-state index in [9.17, 15) is 0 Å². The standard InChI is InChI=1S/C14H23NO2/c1-11(2)14(15-3)12-7-5-6-8-13(12)17-10-9-16-4/h5-8,11,14-15H,9-10H2,1-4H3. The number of para-hydroxylation sites is 1. The van der Waals surface area contributed by atoms with Crippen LogP contribution in [0, 0.1) is 5.92 Å². The minimum Gasteiger partial charge on any atom is -0.491 e. The van der Waals surface area contributed by atoms with Crippen molar-refractivity contribution in [2.24, 2.45) is 5.92 Å². The van der Waals surface area contributed by atoms with Gasteiger partial charge in [0.05, 0.1) is 6.61 Å². The molecule has 3 nitrogen and oxygen atoms in total. The summed E-state index contributed by atoms with van der Waals surface area (Å²) in [6, 6.07) is 8.49. The Hall–Kier alpha value is -1.06. The molecule has 1 atom stereocenters. The normalized spacial score (nSPS) is 12.8. The highest BCUT2D eigenvalue weighted by Gasteiger charge is 2.17. The molecule has 0 radical (unpaired) electrons. The maximum absolute atomic E-state index is 5.75. The van der Waals surface area contributed by atoms with Crippen LogP contribution in [0.4, 0.5) is 0 Å². The number of hydrogen-bond acceptors (Lipinski definition) is 3. The van der Waals surface area contributed by atoms with E-state index in [1.54, 1.807) is 7.11 Å². The van der Waals surface area contributed by atoms with E-state index in [4.69, 9.17) is 9.47 Å². The molecule has 1 N–H and O–H groups in total. The number of rotatable bonds is 7. The molecule has 0 fully saturated rings. The third-order valence-electron chi connectivity index (χ3n) is 2.78. The molecule has 0 aliphatic rings. The first kappa shape index (κ1) is 14.0. The Morgan fingerprint density at radius 2 is 1.88 bits per heavy atom. The van der Waals surface area contributed by atoms with Gasteiger partial charge in [-0.25, -0.2) is 0 Å². The lowest BCUT2D eigenvalue weighted by molar-refractivity contribution is 0.145. The first-order valence-electron chi connectivity index (χ1n) is 6.08. The van der Waals surface area contributed by atoms with Crippen LogP contribution in [0.3, 0.4) is 0 Å². The number of methoxy groups -OCH3 is 1. The van der Waals surface area contributed by atoms with Gasteiger partial charge in [-0.2, -0.15) is 0 Å². The fourth-order valence-corrected chi connectivity index (χ4v) is 1.95. The summed E-state index contributed by atoms with van der Waals surface area (Å²) in [6.07, 6.45) is 0. The Morgan fingerprint density at radius 3 is 2.47 bits per heavy atom. The molecule has 1 rings (SSSR count). The molecular weight excluding hydrogens is 214 g/mol. The summed E-state index contributed by atoms with van der Waals surface area (Å²) in [7, 11) is 3.66. The molecule has 0 bridgehead atoms. The third-order valence-corrected chi connectivity index (χ3v) is 2.78. The van der Waals surface area contributed by atoms with Crippen LogP contribution < -0.4 is 10.1 Å². The van der Waals surface area contributed by atoms with E-state index in [0.717, 1.165) is 5.75 Å². The van der Waals surface area contributed by atoms with Gasteiger partial charge in [-0.15, -0.1) is 0 Å². The lowest BCUT2D eigenvalue weighted by Crippen LogP contribution is -2.22. The third kappa shape index (κ3) is 4.02. The second kappa shape index (κ2) is 7.30. The Kier molecular flexibility index (Phi) is 6.01. The van der Waals surface area contributed by atoms with Crippen molar-refractivity contribution in [1.82, 2.24) is 5.32 Å². The van der Waals surface area contributed by atoms with Crippen molar-refractivity contribution in [2.45, 2.75) is 19.9 Å². The Labute approximate surface area is 104 Å². The highest BCUT2D eigenvalue weighted by atomic mass is 16.5. The summed E-state index contributed by atoms with van der Waals surface area (Å²) in [4.78, 5) is 0. The predicted octanol–water partition coefficient (Wildman–Crippen LogP) is 2.63. The molecule has 0 heterocycles. The van der Waals surface area contributed by atoms with E-state index in [2.05, 4.69) is 25.2 Å². The van der Waals surface area contributed by atoms with Crippen LogP contribution in [0.25, 0.3) is 0 Å². The fraction of sp³-hybridized carbons (Fsp3) is 0.571. The van der Waals surface area contributed by atoms with Gasteiger partial charge in [0.1, 0.15) is 12.4 Å². The molecule has 0 amide bonds. The quantitative estimate of drug-likeness (QED) is 0.739. The summed E-state index contributed by atoms with van der Waals surface area (Å²) in [5.41, 5.74) is 1.21. The van der Waals surface area contributed by atoms with Gasteiger partial charge in [-0.1, -0.05) is 32.0 Å². The monoisotopic (exact) mass is 237 g/mol. The van der Waals surface area contributed by atoms with Gasteiger partial charge >= 0.3 is 0 Å². The van der Waals surface area contributed by atoms with E-state index in [0.29, 0.717) is 25.2 Å². The van der Waals surface area contributed by atoms with E-state index >= 15 is 0 Å². The van der Waals surface area contributed by atoms with E-state index in [1.807, 2.05) is 25.2 Å². The molecule has 0 aliphatic heterocycles. The average molecular weight is 237 g/mol. The zero-order valence-corrected chi connectivity index (χ0v) is 11.2. The van der Waals surface area contributed by atoms with Crippen molar-refractivity contribution in [2.75, 3.05) is 27.4 Å². The van der Waals surface area contributed by atoms with Gasteiger partial charge in [0.2, 0.25) is 0 Å². The lowest BCUT2D eigenvalue weighted by atomic mass is 9.95. The van der Waals surface area contributed by atoms with E-state index in [-0.39, 0.29) is 0 Å². The molecule has 0 aliphatic carbocycles. The van der Waals surface area contributed by atoms with Gasteiger partial charge in [-0.3, -0.25) is 0 Å². The number of nitrogens with one attached hydrogen (secondary N) is 1. The Balaban J connectivity index is 2.82. The van der Waals surface area contributed by atoms with Crippen LogP contribution in [-0.2, 0) is 4.74 Å². The fourth-order valence-electron chi connectivity index (χ4n) is 1.95. The zero-order valence-electron chi connectivity index (χ0n) is 11.2. The van der Waals surface area contributed by atoms with Crippen LogP contribution in [-0.4, -0.2) is 27.4 Å². The van der Waals surface area contributed by atoms with Gasteiger partial charge in [0.25, 0.3) is 0 Å². The number of benzene rings is 1.